The second-order valence-electron chi connectivity index (χ2n) is 21.6. The van der Waals surface area contributed by atoms with Gasteiger partial charge in [0.1, 0.15) is 13.2 Å². The Morgan fingerprint density at radius 2 is 0.500 bits per heavy atom. The van der Waals surface area contributed by atoms with Crippen molar-refractivity contribution in [3.8, 4) is 0 Å². The van der Waals surface area contributed by atoms with Gasteiger partial charge in [0.25, 0.3) is 0 Å². The van der Waals surface area contributed by atoms with E-state index in [9.17, 15) is 14.4 Å². The number of hydrogen-bond acceptors (Lipinski definition) is 6. The van der Waals surface area contributed by atoms with Gasteiger partial charge in [-0.1, -0.05) is 271 Å². The molecule has 6 nitrogen and oxygen atoms in total. The van der Waals surface area contributed by atoms with Gasteiger partial charge < -0.3 is 14.2 Å². The van der Waals surface area contributed by atoms with Crippen LogP contribution in [0.15, 0.2) is 109 Å². The molecule has 0 amide bonds. The van der Waals surface area contributed by atoms with Gasteiger partial charge in [-0.25, -0.2) is 0 Å². The molecule has 0 heterocycles. The molecule has 0 saturated carbocycles. The summed E-state index contributed by atoms with van der Waals surface area (Å²) in [6.07, 6.45) is 89.6. The summed E-state index contributed by atoms with van der Waals surface area (Å²) < 4.78 is 16.9. The minimum atomic E-state index is -0.787. The fourth-order valence-electron chi connectivity index (χ4n) is 9.06. The maximum atomic E-state index is 12.9. The number of rotatable bonds is 59. The van der Waals surface area contributed by atoms with Gasteiger partial charge >= 0.3 is 17.9 Å². The van der Waals surface area contributed by atoms with Gasteiger partial charge in [-0.2, -0.15) is 0 Å². The normalized spacial score (nSPS) is 12.8. The SMILES string of the molecule is CC/C=C\C/C=C\C/C=C\C/C=C\C/C=C\C/C=C\C/C=C\CCCCCCCCCCCCCC(=O)OCC(COC(=O)CCCCCCC/C=C\CCCCC)OC(=O)CCCCCCC/C=C\CCCCCCCC. The van der Waals surface area contributed by atoms with E-state index < -0.39 is 6.10 Å². The summed E-state index contributed by atoms with van der Waals surface area (Å²) in [5, 5.41) is 0. The maximum Gasteiger partial charge on any atom is 0.306 e. The summed E-state index contributed by atoms with van der Waals surface area (Å²) in [5.41, 5.74) is 0. The molecule has 6 heteroatoms. The Morgan fingerprint density at radius 3 is 0.821 bits per heavy atom. The minimum Gasteiger partial charge on any atom is -0.462 e. The molecule has 0 aromatic heterocycles. The number of ether oxygens (including phenoxy) is 3. The molecule has 0 aromatic rings. The van der Waals surface area contributed by atoms with E-state index in [0.717, 1.165) is 122 Å². The molecule has 1 unspecified atom stereocenters. The van der Waals surface area contributed by atoms with Crippen LogP contribution in [0.5, 0.6) is 0 Å². The summed E-state index contributed by atoms with van der Waals surface area (Å²) >= 11 is 0. The zero-order valence-electron chi connectivity index (χ0n) is 51.2. The van der Waals surface area contributed by atoms with Gasteiger partial charge in [-0.05, 0) is 128 Å². The lowest BCUT2D eigenvalue weighted by atomic mass is 10.0. The number of carbonyl (C=O) groups is 3. The van der Waals surface area contributed by atoms with Crippen molar-refractivity contribution in [3.05, 3.63) is 109 Å². The molecule has 0 saturated heterocycles. The van der Waals surface area contributed by atoms with Gasteiger partial charge in [0.05, 0.1) is 0 Å². The Balaban J connectivity index is 4.21. The van der Waals surface area contributed by atoms with Crippen LogP contribution in [0.4, 0.5) is 0 Å². The van der Waals surface area contributed by atoms with E-state index >= 15 is 0 Å². The number of unbranched alkanes of at least 4 members (excludes halogenated alkanes) is 30. The van der Waals surface area contributed by atoms with Gasteiger partial charge in [-0.15, -0.1) is 0 Å². The highest BCUT2D eigenvalue weighted by Gasteiger charge is 2.19. The highest BCUT2D eigenvalue weighted by atomic mass is 16.6. The minimum absolute atomic E-state index is 0.0843. The van der Waals surface area contributed by atoms with Crippen LogP contribution in [0.1, 0.15) is 310 Å². The lowest BCUT2D eigenvalue weighted by Crippen LogP contribution is -2.30. The number of hydrogen-bond donors (Lipinski definition) is 0. The molecule has 78 heavy (non-hydrogen) atoms. The number of carbonyl (C=O) groups excluding carboxylic acids is 3. The summed E-state index contributed by atoms with van der Waals surface area (Å²) in [5.74, 6) is -0.897. The Bertz CT molecular complexity index is 1570. The second-order valence-corrected chi connectivity index (χ2v) is 21.6. The molecule has 0 aromatic carbocycles. The predicted octanol–water partition coefficient (Wildman–Crippen LogP) is 22.6. The first-order chi connectivity index (χ1) is 38.5. The summed E-state index contributed by atoms with van der Waals surface area (Å²) in [7, 11) is 0. The first kappa shape index (κ1) is 74.1. The van der Waals surface area contributed by atoms with Crippen molar-refractivity contribution in [2.24, 2.45) is 0 Å². The lowest BCUT2D eigenvalue weighted by molar-refractivity contribution is -0.167. The van der Waals surface area contributed by atoms with Crippen LogP contribution in [-0.2, 0) is 28.6 Å². The topological polar surface area (TPSA) is 78.9 Å². The first-order valence-electron chi connectivity index (χ1n) is 32.9. The molecule has 0 radical (unpaired) electrons. The fourth-order valence-corrected chi connectivity index (χ4v) is 9.06. The van der Waals surface area contributed by atoms with Crippen LogP contribution in [0.2, 0.25) is 0 Å². The van der Waals surface area contributed by atoms with E-state index in [1.807, 2.05) is 0 Å². The van der Waals surface area contributed by atoms with Crippen LogP contribution in [0.25, 0.3) is 0 Å². The average molecular weight is 1080 g/mol. The van der Waals surface area contributed by atoms with Crippen molar-refractivity contribution >= 4 is 17.9 Å². The molecule has 0 bridgehead atoms. The third-order valence-electron chi connectivity index (χ3n) is 14.0. The maximum absolute atomic E-state index is 12.9. The molecule has 446 valence electrons. The van der Waals surface area contributed by atoms with Crippen molar-refractivity contribution in [1.29, 1.82) is 0 Å². The highest BCUT2D eigenvalue weighted by Crippen LogP contribution is 2.16. The van der Waals surface area contributed by atoms with Crippen LogP contribution in [0, 0.1) is 0 Å². The van der Waals surface area contributed by atoms with Gasteiger partial charge in [-0.3, -0.25) is 14.4 Å². The Labute approximate surface area is 482 Å². The molecule has 0 spiro atoms. The molecule has 0 fully saturated rings. The largest absolute Gasteiger partial charge is 0.462 e. The third kappa shape index (κ3) is 62.9. The smallest absolute Gasteiger partial charge is 0.306 e. The molecular weight excluding hydrogens is 961 g/mol. The van der Waals surface area contributed by atoms with Gasteiger partial charge in [0.15, 0.2) is 6.10 Å². The number of allylic oxidation sites excluding steroid dienone is 18. The second kappa shape index (κ2) is 65.6. The lowest BCUT2D eigenvalue weighted by Gasteiger charge is -2.18. The molecule has 0 aliphatic carbocycles. The van der Waals surface area contributed by atoms with E-state index in [-0.39, 0.29) is 31.1 Å². The summed E-state index contributed by atoms with van der Waals surface area (Å²) in [4.78, 5) is 38.2. The van der Waals surface area contributed by atoms with Crippen molar-refractivity contribution in [2.75, 3.05) is 13.2 Å². The molecule has 0 aliphatic heterocycles. The van der Waals surface area contributed by atoms with E-state index in [1.54, 1.807) is 0 Å². The molecule has 0 rings (SSSR count). The van der Waals surface area contributed by atoms with Crippen LogP contribution >= 0.6 is 0 Å². The van der Waals surface area contributed by atoms with Crippen molar-refractivity contribution in [2.45, 2.75) is 316 Å². The third-order valence-corrected chi connectivity index (χ3v) is 14.0. The van der Waals surface area contributed by atoms with Crippen LogP contribution in [-0.4, -0.2) is 37.2 Å². The molecule has 0 N–H and O–H groups in total. The van der Waals surface area contributed by atoms with Crippen LogP contribution < -0.4 is 0 Å². The first-order valence-corrected chi connectivity index (χ1v) is 32.9. The van der Waals surface area contributed by atoms with E-state index in [4.69, 9.17) is 14.2 Å². The Kier molecular flexibility index (Phi) is 62.3. The quantitative estimate of drug-likeness (QED) is 0.0261. The molecule has 1 atom stereocenters. The van der Waals surface area contributed by atoms with E-state index in [0.29, 0.717) is 19.3 Å². The monoisotopic (exact) mass is 1080 g/mol. The highest BCUT2D eigenvalue weighted by molar-refractivity contribution is 5.71. The fraction of sp³-hybridized carbons (Fsp3) is 0.708. The van der Waals surface area contributed by atoms with Gasteiger partial charge in [0, 0.05) is 19.3 Å². The Morgan fingerprint density at radius 1 is 0.269 bits per heavy atom. The molecular formula is C72H122O6. The van der Waals surface area contributed by atoms with Crippen molar-refractivity contribution in [1.82, 2.24) is 0 Å². The van der Waals surface area contributed by atoms with Gasteiger partial charge in [0.2, 0.25) is 0 Å². The van der Waals surface area contributed by atoms with Crippen LogP contribution in [0.3, 0.4) is 0 Å². The van der Waals surface area contributed by atoms with Crippen molar-refractivity contribution < 1.29 is 28.6 Å². The molecule has 0 aliphatic rings. The van der Waals surface area contributed by atoms with E-state index in [1.165, 1.54) is 148 Å². The zero-order valence-corrected chi connectivity index (χ0v) is 51.2. The predicted molar refractivity (Wildman–Crippen MR) is 339 cm³/mol. The van der Waals surface area contributed by atoms with E-state index in [2.05, 4.69) is 130 Å². The summed E-state index contributed by atoms with van der Waals surface area (Å²) in [6.45, 7) is 6.50. The van der Waals surface area contributed by atoms with Crippen molar-refractivity contribution in [3.63, 3.8) is 0 Å². The summed E-state index contributed by atoms with van der Waals surface area (Å²) in [6, 6.07) is 0. The Hall–Kier alpha value is -3.93. The standard InChI is InChI=1S/C72H122O6/c1-4-7-10-13-16-19-22-25-27-28-29-30-31-32-33-34-35-36-37-38-39-40-41-42-43-44-46-47-50-53-56-59-62-65-71(74)77-68-69(67-76-70(73)64-61-58-55-52-49-24-21-18-15-12-9-6-3)78-72(75)66-63-60-57-54-51-48-45-26-23-20-17-14-11-8-5-2/h7,10,16,18-19,21,25-27,29-30,32-33,35-36,38-39,45,69H,4-6,8-9,11-15,17,20,22-24,28,31,34,37,40-44,46-68H2,1-3H3/b10-7-,19-16-,21-18-,27-25-,30-29-,33-32-,36-35-,39-38-,45-26-. The zero-order chi connectivity index (χ0) is 56.4. The number of esters is 3. The average Bonchev–Trinajstić information content (AvgIpc) is 3.44.